The molecule has 2 rings (SSSR count). The van der Waals surface area contributed by atoms with Crippen molar-refractivity contribution < 1.29 is 23.9 Å². The molecule has 0 radical (unpaired) electrons. The molecule has 0 bridgehead atoms. The number of hydroxylamine groups is 1. The van der Waals surface area contributed by atoms with Gasteiger partial charge >= 0.3 is 0 Å². The molecule has 2 N–H and O–H groups in total. The molecule has 0 heterocycles. The van der Waals surface area contributed by atoms with E-state index < -0.39 is 11.7 Å². The van der Waals surface area contributed by atoms with Gasteiger partial charge in [0.1, 0.15) is 29.7 Å². The molecule has 6 nitrogen and oxygen atoms in total. The molecule has 1 amide bonds. The molecule has 2 aromatic rings. The van der Waals surface area contributed by atoms with Gasteiger partial charge in [-0.1, -0.05) is 6.07 Å². The van der Waals surface area contributed by atoms with Crippen LogP contribution in [-0.2, 0) is 4.79 Å². The Morgan fingerprint density at radius 2 is 2.04 bits per heavy atom. The maximum atomic E-state index is 13.4. The van der Waals surface area contributed by atoms with Crippen LogP contribution in [0.4, 0.5) is 4.39 Å². The van der Waals surface area contributed by atoms with E-state index in [4.69, 9.17) is 14.7 Å². The Bertz CT molecular complexity index is 778. The number of nitrogens with zero attached hydrogens (tertiary/aromatic N) is 1. The van der Waals surface area contributed by atoms with Gasteiger partial charge in [0.2, 0.25) is 0 Å². The largest absolute Gasteiger partial charge is 0.492 e. The van der Waals surface area contributed by atoms with Gasteiger partial charge in [0.05, 0.1) is 0 Å². The molecule has 0 unspecified atom stereocenters. The highest BCUT2D eigenvalue weighted by Gasteiger charge is 2.07. The standard InChI is InChI=1S/C19H21FN2O4/c1-22(2)10-11-25-16-8-6-14(7-9-19(23)21-24)18(13-16)26-17-5-3-4-15(20)12-17/h3-9,12-13,24H,10-11H2,1-2H3,(H,21,23). The lowest BCUT2D eigenvalue weighted by Gasteiger charge is -2.14. The molecular weight excluding hydrogens is 339 g/mol. The molecular formula is C19H21FN2O4. The molecule has 26 heavy (non-hydrogen) atoms. The SMILES string of the molecule is CN(C)CCOc1ccc(C=CC(=O)NO)c(Oc2cccc(F)c2)c1. The number of rotatable bonds is 8. The highest BCUT2D eigenvalue weighted by molar-refractivity contribution is 5.91. The van der Waals surface area contributed by atoms with Crippen LogP contribution >= 0.6 is 0 Å². The normalized spacial score (nSPS) is 11.0. The van der Waals surface area contributed by atoms with E-state index in [1.165, 1.54) is 29.8 Å². The third-order valence-corrected chi connectivity index (χ3v) is 3.34. The van der Waals surface area contributed by atoms with Crippen LogP contribution in [0.25, 0.3) is 6.08 Å². The van der Waals surface area contributed by atoms with Gasteiger partial charge in [-0.05, 0) is 44.4 Å². The number of carbonyl (C=O) groups excluding carboxylic acids is 1. The lowest BCUT2D eigenvalue weighted by Crippen LogP contribution is -2.19. The maximum Gasteiger partial charge on any atom is 0.267 e. The second-order valence-corrected chi connectivity index (χ2v) is 5.72. The molecule has 0 saturated heterocycles. The summed E-state index contributed by atoms with van der Waals surface area (Å²) in [5.74, 6) is 0.198. The quantitative estimate of drug-likeness (QED) is 0.430. The van der Waals surface area contributed by atoms with Crippen LogP contribution in [-0.4, -0.2) is 43.3 Å². The first-order valence-electron chi connectivity index (χ1n) is 7.95. The summed E-state index contributed by atoms with van der Waals surface area (Å²) in [5.41, 5.74) is 2.08. The van der Waals surface area contributed by atoms with E-state index >= 15 is 0 Å². The van der Waals surface area contributed by atoms with Gasteiger partial charge in [0.25, 0.3) is 5.91 Å². The number of ether oxygens (including phenoxy) is 2. The predicted molar refractivity (Wildman–Crippen MR) is 95.9 cm³/mol. The van der Waals surface area contributed by atoms with Crippen LogP contribution in [0, 0.1) is 5.82 Å². The fourth-order valence-corrected chi connectivity index (χ4v) is 2.04. The molecule has 7 heteroatoms. The van der Waals surface area contributed by atoms with Crippen molar-refractivity contribution in [2.75, 3.05) is 27.2 Å². The topological polar surface area (TPSA) is 71.0 Å². The predicted octanol–water partition coefficient (Wildman–Crippen LogP) is 3.08. The number of benzene rings is 2. The Labute approximate surface area is 151 Å². The second-order valence-electron chi connectivity index (χ2n) is 5.72. The molecule has 0 saturated carbocycles. The zero-order valence-corrected chi connectivity index (χ0v) is 14.6. The highest BCUT2D eigenvalue weighted by Crippen LogP contribution is 2.30. The summed E-state index contributed by atoms with van der Waals surface area (Å²) in [4.78, 5) is 13.2. The third kappa shape index (κ3) is 6.19. The van der Waals surface area contributed by atoms with E-state index in [1.54, 1.807) is 24.3 Å². The minimum atomic E-state index is -0.673. The first-order chi connectivity index (χ1) is 12.5. The highest BCUT2D eigenvalue weighted by atomic mass is 19.1. The Hall–Kier alpha value is -2.90. The molecule has 2 aromatic carbocycles. The van der Waals surface area contributed by atoms with E-state index in [2.05, 4.69) is 0 Å². The summed E-state index contributed by atoms with van der Waals surface area (Å²) >= 11 is 0. The maximum absolute atomic E-state index is 13.4. The lowest BCUT2D eigenvalue weighted by molar-refractivity contribution is -0.124. The van der Waals surface area contributed by atoms with Crippen LogP contribution in [0.5, 0.6) is 17.2 Å². The first kappa shape index (κ1) is 19.4. The van der Waals surface area contributed by atoms with E-state index in [0.29, 0.717) is 29.4 Å². The Kier molecular flexibility index (Phi) is 7.13. The Balaban J connectivity index is 2.25. The molecule has 0 aliphatic carbocycles. The van der Waals surface area contributed by atoms with Gasteiger partial charge in [-0.25, -0.2) is 9.87 Å². The minimum absolute atomic E-state index is 0.316. The van der Waals surface area contributed by atoms with Gasteiger partial charge in [0, 0.05) is 30.3 Å². The van der Waals surface area contributed by atoms with Crippen molar-refractivity contribution in [1.82, 2.24) is 10.4 Å². The average Bonchev–Trinajstić information content (AvgIpc) is 2.60. The van der Waals surface area contributed by atoms with Crippen LogP contribution < -0.4 is 15.0 Å². The van der Waals surface area contributed by atoms with Gasteiger partial charge in [-0.15, -0.1) is 0 Å². The molecule has 0 spiro atoms. The van der Waals surface area contributed by atoms with Crippen LogP contribution in [0.3, 0.4) is 0 Å². The van der Waals surface area contributed by atoms with Crippen LogP contribution in [0.1, 0.15) is 5.56 Å². The number of hydrogen-bond acceptors (Lipinski definition) is 5. The van der Waals surface area contributed by atoms with Crippen LogP contribution in [0.15, 0.2) is 48.5 Å². The van der Waals surface area contributed by atoms with Crippen molar-refractivity contribution in [1.29, 1.82) is 0 Å². The summed E-state index contributed by atoms with van der Waals surface area (Å²) in [6.07, 6.45) is 2.63. The first-order valence-corrected chi connectivity index (χ1v) is 7.95. The number of amides is 1. The fourth-order valence-electron chi connectivity index (χ4n) is 2.04. The van der Waals surface area contributed by atoms with Crippen molar-refractivity contribution in [3.63, 3.8) is 0 Å². The number of halogens is 1. The number of carbonyl (C=O) groups is 1. The fraction of sp³-hybridized carbons (Fsp3) is 0.211. The van der Waals surface area contributed by atoms with E-state index in [0.717, 1.165) is 12.6 Å². The third-order valence-electron chi connectivity index (χ3n) is 3.34. The average molecular weight is 360 g/mol. The number of nitrogens with one attached hydrogen (secondary N) is 1. The number of hydrogen-bond donors (Lipinski definition) is 2. The molecule has 0 aliphatic heterocycles. The summed E-state index contributed by atoms with van der Waals surface area (Å²) in [6.45, 7) is 1.24. The molecule has 0 aromatic heterocycles. The molecule has 0 fully saturated rings. The van der Waals surface area contributed by atoms with E-state index in [1.807, 2.05) is 19.0 Å². The smallest absolute Gasteiger partial charge is 0.267 e. The summed E-state index contributed by atoms with van der Waals surface area (Å²) < 4.78 is 24.8. The van der Waals surface area contributed by atoms with E-state index in [-0.39, 0.29) is 0 Å². The van der Waals surface area contributed by atoms with Crippen molar-refractivity contribution in [2.45, 2.75) is 0 Å². The van der Waals surface area contributed by atoms with Crippen molar-refractivity contribution in [3.05, 3.63) is 59.9 Å². The Morgan fingerprint density at radius 1 is 1.23 bits per heavy atom. The summed E-state index contributed by atoms with van der Waals surface area (Å²) in [5, 5.41) is 8.59. The minimum Gasteiger partial charge on any atom is -0.492 e. The number of likely N-dealkylation sites (N-methyl/N-ethyl adjacent to an activating group) is 1. The van der Waals surface area contributed by atoms with Gasteiger partial charge < -0.3 is 14.4 Å². The molecule has 138 valence electrons. The van der Waals surface area contributed by atoms with Gasteiger partial charge in [0.15, 0.2) is 0 Å². The summed E-state index contributed by atoms with van der Waals surface area (Å²) in [6, 6.07) is 10.9. The second kappa shape index (κ2) is 9.55. The molecule has 0 aliphatic rings. The van der Waals surface area contributed by atoms with E-state index in [9.17, 15) is 9.18 Å². The zero-order chi connectivity index (χ0) is 18.9. The summed E-state index contributed by atoms with van der Waals surface area (Å²) in [7, 11) is 3.89. The lowest BCUT2D eigenvalue weighted by atomic mass is 10.1. The zero-order valence-electron chi connectivity index (χ0n) is 14.6. The monoisotopic (exact) mass is 360 g/mol. The van der Waals surface area contributed by atoms with Crippen LogP contribution in [0.2, 0.25) is 0 Å². The van der Waals surface area contributed by atoms with Gasteiger partial charge in [-0.2, -0.15) is 0 Å². The van der Waals surface area contributed by atoms with Crippen molar-refractivity contribution >= 4 is 12.0 Å². The van der Waals surface area contributed by atoms with Crippen molar-refractivity contribution in [3.8, 4) is 17.2 Å². The molecule has 0 atom stereocenters. The van der Waals surface area contributed by atoms with Gasteiger partial charge in [-0.3, -0.25) is 10.0 Å². The Morgan fingerprint density at radius 3 is 2.73 bits per heavy atom. The van der Waals surface area contributed by atoms with Crippen molar-refractivity contribution in [2.24, 2.45) is 0 Å².